The number of aromatic nitrogens is 3. The van der Waals surface area contributed by atoms with Crippen LogP contribution in [-0.4, -0.2) is 55.3 Å². The Morgan fingerprint density at radius 2 is 1.82 bits per heavy atom. The molecule has 3 N–H and O–H groups in total. The van der Waals surface area contributed by atoms with Crippen molar-refractivity contribution in [3.05, 3.63) is 42.1 Å². The monoisotopic (exact) mass is 457 g/mol. The van der Waals surface area contributed by atoms with Crippen LogP contribution in [0.25, 0.3) is 22.4 Å². The minimum absolute atomic E-state index is 0.205. The second-order valence-corrected chi connectivity index (χ2v) is 8.55. The van der Waals surface area contributed by atoms with Crippen molar-refractivity contribution in [2.75, 3.05) is 49.2 Å². The van der Waals surface area contributed by atoms with Crippen LogP contribution in [0.15, 0.2) is 36.5 Å². The molecule has 4 heterocycles. The van der Waals surface area contributed by atoms with Gasteiger partial charge in [-0.3, -0.25) is 10.0 Å². The summed E-state index contributed by atoms with van der Waals surface area (Å²) in [5.41, 5.74) is 14.0. The normalized spacial score (nSPS) is 15.9. The molecule has 1 saturated heterocycles. The van der Waals surface area contributed by atoms with Crippen molar-refractivity contribution in [3.8, 4) is 34.3 Å². The highest BCUT2D eigenvalue weighted by Crippen LogP contribution is 2.41. The van der Waals surface area contributed by atoms with Gasteiger partial charge >= 0.3 is 0 Å². The molecule has 2 aromatic heterocycles. The van der Waals surface area contributed by atoms with Gasteiger partial charge in [-0.2, -0.15) is 10.2 Å². The second-order valence-electron chi connectivity index (χ2n) is 8.55. The molecule has 2 aliphatic rings. The van der Waals surface area contributed by atoms with Crippen molar-refractivity contribution in [1.29, 1.82) is 5.26 Å². The molecule has 34 heavy (non-hydrogen) atoms. The molecule has 174 valence electrons. The SMILES string of the molecule is COc1nc(N2CCC(N)CC2)nc(-c2ccc(C#N)cc2)c1-c1cnc2c(c1)N(C)NN2C. The lowest BCUT2D eigenvalue weighted by Gasteiger charge is -2.31. The number of fused-ring (bicyclic) bond motifs is 1. The van der Waals surface area contributed by atoms with E-state index >= 15 is 0 Å². The van der Waals surface area contributed by atoms with Gasteiger partial charge in [0, 0.05) is 50.6 Å². The van der Waals surface area contributed by atoms with Crippen LogP contribution in [0.5, 0.6) is 5.88 Å². The largest absolute Gasteiger partial charge is 0.480 e. The van der Waals surface area contributed by atoms with Crippen molar-refractivity contribution in [3.63, 3.8) is 0 Å². The first-order chi connectivity index (χ1) is 16.5. The van der Waals surface area contributed by atoms with Gasteiger partial charge in [-0.1, -0.05) is 12.1 Å². The fourth-order valence-electron chi connectivity index (χ4n) is 4.40. The first kappa shape index (κ1) is 21.9. The lowest BCUT2D eigenvalue weighted by molar-refractivity contribution is 0.397. The fraction of sp³-hybridized carbons (Fsp3) is 0.333. The number of nitriles is 1. The number of nitrogens with two attached hydrogens (primary N) is 1. The number of methoxy groups -OCH3 is 1. The van der Waals surface area contributed by atoms with Gasteiger partial charge in [0.05, 0.1) is 35.7 Å². The van der Waals surface area contributed by atoms with Gasteiger partial charge in [-0.05, 0) is 31.0 Å². The molecule has 0 saturated carbocycles. The predicted molar refractivity (Wildman–Crippen MR) is 131 cm³/mol. The minimum Gasteiger partial charge on any atom is -0.480 e. The molecule has 0 amide bonds. The molecule has 10 nitrogen and oxygen atoms in total. The van der Waals surface area contributed by atoms with E-state index in [1.165, 1.54) is 0 Å². The Morgan fingerprint density at radius 3 is 2.50 bits per heavy atom. The van der Waals surface area contributed by atoms with Gasteiger partial charge in [0.15, 0.2) is 5.82 Å². The summed E-state index contributed by atoms with van der Waals surface area (Å²) in [6.45, 7) is 1.58. The summed E-state index contributed by atoms with van der Waals surface area (Å²) in [6, 6.07) is 11.8. The van der Waals surface area contributed by atoms with E-state index in [2.05, 4.69) is 21.5 Å². The first-order valence-electron chi connectivity index (χ1n) is 11.2. The van der Waals surface area contributed by atoms with Crippen LogP contribution in [0.2, 0.25) is 0 Å². The number of nitrogens with zero attached hydrogens (tertiary/aromatic N) is 7. The summed E-state index contributed by atoms with van der Waals surface area (Å²) in [5.74, 6) is 1.91. The molecule has 0 bridgehead atoms. The molecule has 0 radical (unpaired) electrons. The van der Waals surface area contributed by atoms with Crippen molar-refractivity contribution in [1.82, 2.24) is 20.5 Å². The van der Waals surface area contributed by atoms with Gasteiger partial charge in [0.1, 0.15) is 0 Å². The Bertz CT molecular complexity index is 1250. The number of rotatable bonds is 4. The van der Waals surface area contributed by atoms with Gasteiger partial charge in [-0.25, -0.2) is 9.97 Å². The smallest absolute Gasteiger partial charge is 0.229 e. The van der Waals surface area contributed by atoms with Crippen LogP contribution >= 0.6 is 0 Å². The zero-order chi connectivity index (χ0) is 23.8. The molecule has 1 fully saturated rings. The van der Waals surface area contributed by atoms with Crippen LogP contribution < -0.4 is 30.9 Å². The van der Waals surface area contributed by atoms with E-state index in [1.54, 1.807) is 19.2 Å². The maximum Gasteiger partial charge on any atom is 0.229 e. The number of pyridine rings is 1. The van der Waals surface area contributed by atoms with Crippen LogP contribution in [0, 0.1) is 11.3 Å². The quantitative estimate of drug-likeness (QED) is 0.604. The zero-order valence-corrected chi connectivity index (χ0v) is 19.5. The number of piperidine rings is 1. The molecule has 5 rings (SSSR count). The molecule has 0 unspecified atom stereocenters. The highest BCUT2D eigenvalue weighted by atomic mass is 16.5. The Balaban J connectivity index is 1.68. The Kier molecular flexibility index (Phi) is 5.65. The molecule has 0 spiro atoms. The van der Waals surface area contributed by atoms with E-state index in [9.17, 15) is 5.26 Å². The summed E-state index contributed by atoms with van der Waals surface area (Å²) >= 11 is 0. The summed E-state index contributed by atoms with van der Waals surface area (Å²) in [7, 11) is 5.47. The van der Waals surface area contributed by atoms with Crippen LogP contribution in [0.1, 0.15) is 18.4 Å². The maximum atomic E-state index is 9.25. The molecular weight excluding hydrogens is 430 g/mol. The molecule has 10 heteroatoms. The zero-order valence-electron chi connectivity index (χ0n) is 19.5. The molecule has 2 aliphatic heterocycles. The second kappa shape index (κ2) is 8.78. The maximum absolute atomic E-state index is 9.25. The minimum atomic E-state index is 0.205. The Morgan fingerprint density at radius 1 is 1.09 bits per heavy atom. The van der Waals surface area contributed by atoms with Crippen LogP contribution in [-0.2, 0) is 0 Å². The summed E-state index contributed by atoms with van der Waals surface area (Å²) in [6.07, 6.45) is 3.59. The third kappa shape index (κ3) is 3.85. The van der Waals surface area contributed by atoms with Crippen molar-refractivity contribution < 1.29 is 4.74 Å². The van der Waals surface area contributed by atoms with Crippen molar-refractivity contribution in [2.24, 2.45) is 5.73 Å². The summed E-state index contributed by atoms with van der Waals surface area (Å²) in [4.78, 5) is 16.6. The third-order valence-corrected chi connectivity index (χ3v) is 6.28. The first-order valence-corrected chi connectivity index (χ1v) is 11.2. The number of nitrogens with one attached hydrogen (secondary N) is 1. The number of hydrogen-bond donors (Lipinski definition) is 2. The van der Waals surface area contributed by atoms with Gasteiger partial charge in [0.2, 0.25) is 11.8 Å². The Hall–Kier alpha value is -3.94. The number of hydrazine groups is 2. The number of benzene rings is 1. The predicted octanol–water partition coefficient (Wildman–Crippen LogP) is 2.32. The van der Waals surface area contributed by atoms with E-state index in [4.69, 9.17) is 20.4 Å². The average molecular weight is 458 g/mol. The Labute approximate surface area is 198 Å². The third-order valence-electron chi connectivity index (χ3n) is 6.28. The highest BCUT2D eigenvalue weighted by Gasteiger charge is 2.27. The fourth-order valence-corrected chi connectivity index (χ4v) is 4.40. The molecule has 0 atom stereocenters. The highest BCUT2D eigenvalue weighted by molar-refractivity contribution is 5.87. The molecule has 3 aromatic rings. The lowest BCUT2D eigenvalue weighted by Crippen LogP contribution is -2.40. The standard InChI is InChI=1S/C24H27N9O/c1-31-19-12-17(14-27-22(19)32(2)30-31)20-21(16-6-4-15(13-25)5-7-16)28-24(29-23(20)34-3)33-10-8-18(26)9-11-33/h4-7,12,14,18,30H,8-11,26H2,1-3H3. The molecular formula is C24H27N9O. The van der Waals surface area contributed by atoms with E-state index in [-0.39, 0.29) is 6.04 Å². The van der Waals surface area contributed by atoms with E-state index in [0.29, 0.717) is 17.4 Å². The number of hydrogen-bond acceptors (Lipinski definition) is 10. The topological polar surface area (TPSA) is 119 Å². The van der Waals surface area contributed by atoms with Crippen LogP contribution in [0.4, 0.5) is 17.5 Å². The van der Waals surface area contributed by atoms with Crippen molar-refractivity contribution in [2.45, 2.75) is 18.9 Å². The number of anilines is 3. The lowest BCUT2D eigenvalue weighted by atomic mass is 10.00. The van der Waals surface area contributed by atoms with E-state index in [0.717, 1.165) is 59.8 Å². The van der Waals surface area contributed by atoms with Gasteiger partial charge in [0.25, 0.3) is 0 Å². The number of ether oxygens (including phenoxy) is 1. The van der Waals surface area contributed by atoms with E-state index < -0.39 is 0 Å². The van der Waals surface area contributed by atoms with Crippen molar-refractivity contribution >= 4 is 17.5 Å². The summed E-state index contributed by atoms with van der Waals surface area (Å²) < 4.78 is 5.80. The molecule has 1 aromatic carbocycles. The van der Waals surface area contributed by atoms with Crippen LogP contribution in [0.3, 0.4) is 0 Å². The van der Waals surface area contributed by atoms with Gasteiger partial charge in [-0.15, -0.1) is 5.53 Å². The van der Waals surface area contributed by atoms with Gasteiger partial charge < -0.3 is 15.4 Å². The summed E-state index contributed by atoms with van der Waals surface area (Å²) in [5, 5.41) is 13.0. The van der Waals surface area contributed by atoms with E-state index in [1.807, 2.05) is 48.5 Å². The average Bonchev–Trinajstić information content (AvgIpc) is 3.16. The molecule has 0 aliphatic carbocycles.